The van der Waals surface area contributed by atoms with Gasteiger partial charge in [0.25, 0.3) is 5.91 Å². The van der Waals surface area contributed by atoms with Gasteiger partial charge >= 0.3 is 0 Å². The molecule has 2 rings (SSSR count). The lowest BCUT2D eigenvalue weighted by atomic mass is 10.2. The molecule has 0 aromatic carbocycles. The van der Waals surface area contributed by atoms with Crippen molar-refractivity contribution in [1.82, 2.24) is 9.88 Å². The summed E-state index contributed by atoms with van der Waals surface area (Å²) in [5, 5.41) is 0. The van der Waals surface area contributed by atoms with E-state index in [1.165, 1.54) is 0 Å². The van der Waals surface area contributed by atoms with E-state index in [4.69, 9.17) is 0 Å². The quantitative estimate of drug-likeness (QED) is 0.872. The van der Waals surface area contributed by atoms with E-state index in [0.29, 0.717) is 18.7 Å². The third-order valence-corrected chi connectivity index (χ3v) is 5.75. The Hall–Kier alpha value is -0.820. The molecule has 1 saturated heterocycles. The SMILES string of the molecule is CCCCN(C(=O)c1cc(Br)c[nH]1)C1CCS(=O)(=O)C1. The zero-order valence-electron chi connectivity index (χ0n) is 11.4. The van der Waals surface area contributed by atoms with Crippen LogP contribution in [0.4, 0.5) is 0 Å². The third kappa shape index (κ3) is 3.63. The number of carbonyl (C=O) groups is 1. The topological polar surface area (TPSA) is 70.2 Å². The molecule has 0 spiro atoms. The predicted octanol–water partition coefficient (Wildman–Crippen LogP) is 2.21. The molecule has 2 heterocycles. The number of aromatic nitrogens is 1. The number of halogens is 1. The molecule has 0 radical (unpaired) electrons. The van der Waals surface area contributed by atoms with Crippen LogP contribution in [-0.2, 0) is 9.84 Å². The van der Waals surface area contributed by atoms with Crippen LogP contribution >= 0.6 is 15.9 Å². The van der Waals surface area contributed by atoms with Crippen LogP contribution in [0.15, 0.2) is 16.7 Å². The number of aromatic amines is 1. The fraction of sp³-hybridized carbons (Fsp3) is 0.615. The zero-order valence-corrected chi connectivity index (χ0v) is 13.8. The molecule has 1 unspecified atom stereocenters. The number of amides is 1. The highest BCUT2D eigenvalue weighted by Gasteiger charge is 2.34. The van der Waals surface area contributed by atoms with Gasteiger partial charge < -0.3 is 9.88 Å². The van der Waals surface area contributed by atoms with Crippen LogP contribution < -0.4 is 0 Å². The smallest absolute Gasteiger partial charge is 0.270 e. The summed E-state index contributed by atoms with van der Waals surface area (Å²) in [6.07, 6.45) is 4.10. The molecule has 0 bridgehead atoms. The number of carbonyl (C=O) groups excluding carboxylic acids is 1. The molecule has 1 amide bonds. The van der Waals surface area contributed by atoms with E-state index in [-0.39, 0.29) is 23.5 Å². The van der Waals surface area contributed by atoms with Crippen LogP contribution in [0, 0.1) is 0 Å². The molecule has 112 valence electrons. The highest BCUT2D eigenvalue weighted by Crippen LogP contribution is 2.21. The van der Waals surface area contributed by atoms with E-state index < -0.39 is 9.84 Å². The Kier molecular flexibility index (Phi) is 4.90. The second-order valence-corrected chi connectivity index (χ2v) is 8.28. The molecule has 1 N–H and O–H groups in total. The standard InChI is InChI=1S/C13H19BrN2O3S/c1-2-3-5-16(11-4-6-20(18,19)9-11)13(17)12-7-10(14)8-15-12/h7-8,11,15H,2-6,9H2,1H3. The first-order valence-electron chi connectivity index (χ1n) is 6.78. The first kappa shape index (κ1) is 15.6. The number of hydrogen-bond acceptors (Lipinski definition) is 3. The van der Waals surface area contributed by atoms with Gasteiger partial charge in [-0.05, 0) is 34.8 Å². The summed E-state index contributed by atoms with van der Waals surface area (Å²) >= 11 is 3.31. The molecule has 0 saturated carbocycles. The van der Waals surface area contributed by atoms with Crippen LogP contribution in [0.1, 0.15) is 36.7 Å². The molecule has 5 nitrogen and oxygen atoms in total. The van der Waals surface area contributed by atoms with Gasteiger partial charge in [0.15, 0.2) is 9.84 Å². The van der Waals surface area contributed by atoms with Crippen molar-refractivity contribution >= 4 is 31.7 Å². The summed E-state index contributed by atoms with van der Waals surface area (Å²) in [6, 6.07) is 1.53. The predicted molar refractivity (Wildman–Crippen MR) is 81.5 cm³/mol. The van der Waals surface area contributed by atoms with Crippen molar-refractivity contribution in [3.63, 3.8) is 0 Å². The minimum atomic E-state index is -2.99. The van der Waals surface area contributed by atoms with Crippen molar-refractivity contribution in [3.05, 3.63) is 22.4 Å². The first-order valence-corrected chi connectivity index (χ1v) is 9.39. The molecule has 1 fully saturated rings. The highest BCUT2D eigenvalue weighted by atomic mass is 79.9. The number of unbranched alkanes of at least 4 members (excludes halogenated alkanes) is 1. The van der Waals surface area contributed by atoms with Crippen LogP contribution in [-0.4, -0.2) is 48.3 Å². The molecule has 1 aromatic heterocycles. The fourth-order valence-electron chi connectivity index (χ4n) is 2.45. The molecular formula is C13H19BrN2O3S. The average Bonchev–Trinajstić information content (AvgIpc) is 2.96. The molecule has 0 aliphatic carbocycles. The first-order chi connectivity index (χ1) is 9.43. The summed E-state index contributed by atoms with van der Waals surface area (Å²) in [5.74, 6) is 0.151. The molecule has 7 heteroatoms. The highest BCUT2D eigenvalue weighted by molar-refractivity contribution is 9.10. The number of H-pyrrole nitrogens is 1. The Morgan fingerprint density at radius 1 is 1.55 bits per heavy atom. The third-order valence-electron chi connectivity index (χ3n) is 3.54. The van der Waals surface area contributed by atoms with E-state index in [2.05, 4.69) is 27.8 Å². The minimum absolute atomic E-state index is 0.0876. The van der Waals surface area contributed by atoms with Gasteiger partial charge in [-0.25, -0.2) is 8.42 Å². The summed E-state index contributed by atoms with van der Waals surface area (Å²) in [7, 11) is -2.99. The van der Waals surface area contributed by atoms with Crippen molar-refractivity contribution in [2.24, 2.45) is 0 Å². The van der Waals surface area contributed by atoms with Crippen LogP contribution in [0.2, 0.25) is 0 Å². The lowest BCUT2D eigenvalue weighted by Crippen LogP contribution is -2.41. The Labute approximate surface area is 127 Å². The maximum atomic E-state index is 12.5. The van der Waals surface area contributed by atoms with Gasteiger partial charge in [0.05, 0.1) is 11.5 Å². The molecular weight excluding hydrogens is 344 g/mol. The zero-order chi connectivity index (χ0) is 14.8. The lowest BCUT2D eigenvalue weighted by Gasteiger charge is -2.27. The van der Waals surface area contributed by atoms with Crippen molar-refractivity contribution in [2.75, 3.05) is 18.1 Å². The average molecular weight is 363 g/mol. The van der Waals surface area contributed by atoms with E-state index in [9.17, 15) is 13.2 Å². The van der Waals surface area contributed by atoms with Crippen molar-refractivity contribution in [3.8, 4) is 0 Å². The van der Waals surface area contributed by atoms with E-state index in [1.54, 1.807) is 17.2 Å². The Morgan fingerprint density at radius 3 is 2.80 bits per heavy atom. The van der Waals surface area contributed by atoms with Crippen molar-refractivity contribution < 1.29 is 13.2 Å². The fourth-order valence-corrected chi connectivity index (χ4v) is 4.52. The molecule has 20 heavy (non-hydrogen) atoms. The molecule has 1 aliphatic heterocycles. The van der Waals surface area contributed by atoms with Crippen LogP contribution in [0.25, 0.3) is 0 Å². The largest absolute Gasteiger partial charge is 0.356 e. The van der Waals surface area contributed by atoms with E-state index in [1.807, 2.05) is 0 Å². The number of hydrogen-bond donors (Lipinski definition) is 1. The van der Waals surface area contributed by atoms with Crippen LogP contribution in [0.3, 0.4) is 0 Å². The van der Waals surface area contributed by atoms with Gasteiger partial charge in [-0.15, -0.1) is 0 Å². The van der Waals surface area contributed by atoms with Crippen molar-refractivity contribution in [2.45, 2.75) is 32.2 Å². The summed E-state index contributed by atoms with van der Waals surface area (Å²) in [4.78, 5) is 17.2. The van der Waals surface area contributed by atoms with Crippen LogP contribution in [0.5, 0.6) is 0 Å². The number of rotatable bonds is 5. The van der Waals surface area contributed by atoms with Gasteiger partial charge in [0, 0.05) is 23.3 Å². The number of sulfone groups is 1. The normalized spacial score (nSPS) is 21.0. The van der Waals surface area contributed by atoms with Gasteiger partial charge in [-0.3, -0.25) is 4.79 Å². The Bertz CT molecular complexity index is 582. The number of nitrogens with one attached hydrogen (secondary N) is 1. The summed E-state index contributed by atoms with van der Waals surface area (Å²) < 4.78 is 24.1. The van der Waals surface area contributed by atoms with Gasteiger partial charge in [-0.1, -0.05) is 13.3 Å². The molecule has 1 atom stereocenters. The van der Waals surface area contributed by atoms with E-state index in [0.717, 1.165) is 17.3 Å². The maximum Gasteiger partial charge on any atom is 0.270 e. The van der Waals surface area contributed by atoms with Gasteiger partial charge in [0.2, 0.25) is 0 Å². The summed E-state index contributed by atoms with van der Waals surface area (Å²) in [5.41, 5.74) is 0.497. The second kappa shape index (κ2) is 6.30. The van der Waals surface area contributed by atoms with Crippen molar-refractivity contribution in [1.29, 1.82) is 0 Å². The van der Waals surface area contributed by atoms with E-state index >= 15 is 0 Å². The molecule has 1 aromatic rings. The number of nitrogens with zero attached hydrogens (tertiary/aromatic N) is 1. The maximum absolute atomic E-state index is 12.5. The second-order valence-electron chi connectivity index (χ2n) is 5.14. The minimum Gasteiger partial charge on any atom is -0.356 e. The monoisotopic (exact) mass is 362 g/mol. The molecule has 1 aliphatic rings. The summed E-state index contributed by atoms with van der Waals surface area (Å²) in [6.45, 7) is 2.66. The Morgan fingerprint density at radius 2 is 2.30 bits per heavy atom. The Balaban J connectivity index is 2.17. The van der Waals surface area contributed by atoms with Gasteiger partial charge in [-0.2, -0.15) is 0 Å². The van der Waals surface area contributed by atoms with Gasteiger partial charge in [0.1, 0.15) is 5.69 Å². The lowest BCUT2D eigenvalue weighted by molar-refractivity contribution is 0.0689.